The van der Waals surface area contributed by atoms with Gasteiger partial charge in [-0.25, -0.2) is 9.78 Å². The predicted molar refractivity (Wildman–Crippen MR) is 114 cm³/mol. The van der Waals surface area contributed by atoms with Gasteiger partial charge in [-0.3, -0.25) is 9.59 Å². The Hall–Kier alpha value is -2.89. The summed E-state index contributed by atoms with van der Waals surface area (Å²) >= 11 is 0. The van der Waals surface area contributed by atoms with E-state index in [1.165, 1.54) is 26.3 Å². The van der Waals surface area contributed by atoms with Gasteiger partial charge in [-0.15, -0.1) is 0 Å². The fourth-order valence-electron chi connectivity index (χ4n) is 2.97. The Labute approximate surface area is 196 Å². The molecule has 0 radical (unpaired) electrons. The van der Waals surface area contributed by atoms with Gasteiger partial charge in [-0.2, -0.15) is 13.2 Å². The second kappa shape index (κ2) is 13.1. The van der Waals surface area contributed by atoms with Crippen LogP contribution in [-0.2, 0) is 19.1 Å². The van der Waals surface area contributed by atoms with Crippen LogP contribution in [0.2, 0.25) is 0 Å². The molecule has 1 N–H and O–H groups in total. The smallest absolute Gasteiger partial charge is 0.389 e. The highest BCUT2D eigenvalue weighted by atomic mass is 19.4. The molecule has 1 aromatic heterocycles. The van der Waals surface area contributed by atoms with Gasteiger partial charge in [0.05, 0.1) is 13.2 Å². The number of amides is 1. The Morgan fingerprint density at radius 2 is 1.79 bits per heavy atom. The van der Waals surface area contributed by atoms with Crippen LogP contribution in [0.3, 0.4) is 0 Å². The van der Waals surface area contributed by atoms with Crippen LogP contribution in [0.25, 0.3) is 0 Å². The van der Waals surface area contributed by atoms with Gasteiger partial charge in [0.25, 0.3) is 5.91 Å². The van der Waals surface area contributed by atoms with Crippen molar-refractivity contribution < 1.29 is 46.5 Å². The summed E-state index contributed by atoms with van der Waals surface area (Å²) in [5.74, 6) is -2.60. The molecule has 0 fully saturated rings. The van der Waals surface area contributed by atoms with E-state index in [2.05, 4.69) is 10.3 Å². The number of pyridine rings is 1. The molecule has 1 heterocycles. The van der Waals surface area contributed by atoms with Crippen LogP contribution in [0.1, 0.15) is 57.9 Å². The summed E-state index contributed by atoms with van der Waals surface area (Å²) < 4.78 is 57.9. The van der Waals surface area contributed by atoms with Crippen molar-refractivity contribution in [2.75, 3.05) is 13.7 Å². The van der Waals surface area contributed by atoms with Gasteiger partial charge in [0.15, 0.2) is 11.4 Å². The van der Waals surface area contributed by atoms with Crippen LogP contribution in [-0.4, -0.2) is 61.0 Å². The monoisotopic (exact) mass is 492 g/mol. The number of methoxy groups -OCH3 is 1. The molecule has 0 saturated carbocycles. The average molecular weight is 492 g/mol. The number of esters is 2. The minimum absolute atomic E-state index is 0.0990. The van der Waals surface area contributed by atoms with Gasteiger partial charge in [-0.05, 0) is 26.2 Å². The van der Waals surface area contributed by atoms with E-state index in [4.69, 9.17) is 18.9 Å². The van der Waals surface area contributed by atoms with E-state index >= 15 is 0 Å². The van der Waals surface area contributed by atoms with E-state index < -0.39 is 48.7 Å². The molecule has 0 aliphatic rings. The molecule has 0 aliphatic heterocycles. The molecule has 34 heavy (non-hydrogen) atoms. The van der Waals surface area contributed by atoms with E-state index in [0.29, 0.717) is 0 Å². The largest absolute Gasteiger partial charge is 0.493 e. The van der Waals surface area contributed by atoms with Crippen molar-refractivity contribution >= 4 is 17.8 Å². The first-order valence-electron chi connectivity index (χ1n) is 10.7. The van der Waals surface area contributed by atoms with Crippen molar-refractivity contribution in [3.63, 3.8) is 0 Å². The van der Waals surface area contributed by atoms with Crippen LogP contribution in [0.4, 0.5) is 13.2 Å². The molecule has 0 unspecified atom stereocenters. The second-order valence-electron chi connectivity index (χ2n) is 7.92. The lowest BCUT2D eigenvalue weighted by Crippen LogP contribution is -2.44. The zero-order valence-electron chi connectivity index (χ0n) is 20.0. The maximum atomic E-state index is 12.7. The van der Waals surface area contributed by atoms with Gasteiger partial charge in [-0.1, -0.05) is 13.8 Å². The van der Waals surface area contributed by atoms with Crippen molar-refractivity contribution in [1.82, 2.24) is 10.3 Å². The van der Waals surface area contributed by atoms with Crippen molar-refractivity contribution in [1.29, 1.82) is 0 Å². The highest BCUT2D eigenvalue weighted by Crippen LogP contribution is 2.29. The lowest BCUT2D eigenvalue weighted by Gasteiger charge is -2.28. The summed E-state index contributed by atoms with van der Waals surface area (Å²) in [6, 6.07) is 0.278. The minimum Gasteiger partial charge on any atom is -0.493 e. The maximum Gasteiger partial charge on any atom is 0.389 e. The van der Waals surface area contributed by atoms with Crippen molar-refractivity contribution in [3.05, 3.63) is 18.0 Å². The standard InChI is InChI=1S/C22H31F3N2O7/c1-12(2)18(14(4)32-11-7-9-22(23,24)25)34-21(30)13(3)27-20(29)17-19(33-15(5)28)16(31-6)8-10-26-17/h8,10,12-14,18H,7,9,11H2,1-6H3,(H,27,29)/t13-,14-,18+/m0/s1. The number of hydrogen-bond donors (Lipinski definition) is 1. The number of rotatable bonds is 12. The maximum absolute atomic E-state index is 12.7. The van der Waals surface area contributed by atoms with E-state index in [1.54, 1.807) is 20.8 Å². The number of nitrogens with one attached hydrogen (secondary N) is 1. The fraction of sp³-hybridized carbons (Fsp3) is 0.636. The molecule has 1 amide bonds. The van der Waals surface area contributed by atoms with E-state index in [9.17, 15) is 27.6 Å². The molecular weight excluding hydrogens is 461 g/mol. The zero-order valence-corrected chi connectivity index (χ0v) is 20.0. The number of nitrogens with zero attached hydrogens (tertiary/aromatic N) is 1. The van der Waals surface area contributed by atoms with Crippen LogP contribution in [0, 0.1) is 5.92 Å². The third-order valence-corrected chi connectivity index (χ3v) is 4.61. The first-order valence-corrected chi connectivity index (χ1v) is 10.7. The van der Waals surface area contributed by atoms with Crippen LogP contribution >= 0.6 is 0 Å². The summed E-state index contributed by atoms with van der Waals surface area (Å²) in [6.07, 6.45) is -5.60. The molecule has 3 atom stereocenters. The summed E-state index contributed by atoms with van der Waals surface area (Å²) in [5, 5.41) is 2.42. The molecule has 0 aliphatic carbocycles. The quantitative estimate of drug-likeness (QED) is 0.349. The molecule has 0 aromatic carbocycles. The second-order valence-corrected chi connectivity index (χ2v) is 7.92. The fourth-order valence-corrected chi connectivity index (χ4v) is 2.97. The van der Waals surface area contributed by atoms with Crippen LogP contribution in [0.15, 0.2) is 12.3 Å². The third kappa shape index (κ3) is 9.54. The van der Waals surface area contributed by atoms with Gasteiger partial charge in [0, 0.05) is 32.2 Å². The number of alkyl halides is 3. The first kappa shape index (κ1) is 29.1. The predicted octanol–water partition coefficient (Wildman–Crippen LogP) is 3.45. The number of halogens is 3. The normalized spacial score (nSPS) is 14.2. The van der Waals surface area contributed by atoms with Gasteiger partial charge in [0.2, 0.25) is 5.75 Å². The molecule has 1 aromatic rings. The molecule has 192 valence electrons. The Balaban J connectivity index is 2.81. The van der Waals surface area contributed by atoms with Gasteiger partial charge >= 0.3 is 18.1 Å². The molecule has 1 rings (SSSR count). The molecule has 0 saturated heterocycles. The van der Waals surface area contributed by atoms with E-state index in [1.807, 2.05) is 0 Å². The Morgan fingerprint density at radius 3 is 2.32 bits per heavy atom. The van der Waals surface area contributed by atoms with Crippen molar-refractivity contribution in [2.45, 2.75) is 71.9 Å². The first-order chi connectivity index (χ1) is 15.8. The molecular formula is C22H31F3N2O7. The highest BCUT2D eigenvalue weighted by Gasteiger charge is 2.31. The number of aromatic nitrogens is 1. The van der Waals surface area contributed by atoms with Crippen LogP contribution in [0.5, 0.6) is 11.5 Å². The number of carbonyl (C=O) groups is 3. The van der Waals surface area contributed by atoms with E-state index in [0.717, 1.165) is 6.92 Å². The summed E-state index contributed by atoms with van der Waals surface area (Å²) in [6.45, 7) is 7.52. The number of ether oxygens (including phenoxy) is 4. The number of carbonyl (C=O) groups excluding carboxylic acids is 3. The van der Waals surface area contributed by atoms with Gasteiger partial charge in [0.1, 0.15) is 12.1 Å². The molecule has 0 bridgehead atoms. The summed E-state index contributed by atoms with van der Waals surface area (Å²) in [7, 11) is 1.32. The zero-order chi connectivity index (χ0) is 26.1. The SMILES string of the molecule is COc1ccnc(C(=O)N[C@@H](C)C(=O)O[C@H](C(C)C)[C@H](C)OCCCC(F)(F)F)c1OC(C)=O. The lowest BCUT2D eigenvalue weighted by atomic mass is 10.0. The molecule has 9 nitrogen and oxygen atoms in total. The minimum atomic E-state index is -4.27. The third-order valence-electron chi connectivity index (χ3n) is 4.61. The van der Waals surface area contributed by atoms with Crippen molar-refractivity contribution in [3.8, 4) is 11.5 Å². The Bertz CT molecular complexity index is 846. The average Bonchev–Trinajstić information content (AvgIpc) is 2.73. The van der Waals surface area contributed by atoms with E-state index in [-0.39, 0.29) is 36.1 Å². The lowest BCUT2D eigenvalue weighted by molar-refractivity contribution is -0.164. The summed E-state index contributed by atoms with van der Waals surface area (Å²) in [4.78, 5) is 40.6. The topological polar surface area (TPSA) is 113 Å². The van der Waals surface area contributed by atoms with Gasteiger partial charge < -0.3 is 24.3 Å². The molecule has 0 spiro atoms. The Kier molecular flexibility index (Phi) is 11.2. The molecule has 12 heteroatoms. The Morgan fingerprint density at radius 1 is 1.15 bits per heavy atom. The summed E-state index contributed by atoms with van der Waals surface area (Å²) in [5.41, 5.74) is -0.268. The highest BCUT2D eigenvalue weighted by molar-refractivity contribution is 5.98. The van der Waals surface area contributed by atoms with Crippen LogP contribution < -0.4 is 14.8 Å². The number of hydrogen-bond acceptors (Lipinski definition) is 8. The van der Waals surface area contributed by atoms with Crippen molar-refractivity contribution in [2.24, 2.45) is 5.92 Å².